The first-order chi connectivity index (χ1) is 31.4. The van der Waals surface area contributed by atoms with Crippen molar-refractivity contribution in [3.05, 3.63) is 58.7 Å². The first kappa shape index (κ1) is 53.8. The van der Waals surface area contributed by atoms with E-state index >= 15 is 0 Å². The number of anilines is 1. The zero-order chi connectivity index (χ0) is 49.6. The third-order valence-corrected chi connectivity index (χ3v) is 16.2. The van der Waals surface area contributed by atoms with Crippen LogP contribution in [-0.2, 0) is 49.3 Å². The van der Waals surface area contributed by atoms with Crippen LogP contribution in [0.5, 0.6) is 5.75 Å². The molecule has 0 saturated carbocycles. The van der Waals surface area contributed by atoms with E-state index in [9.17, 15) is 39.0 Å². The van der Waals surface area contributed by atoms with Crippen LogP contribution in [0.15, 0.2) is 48.1 Å². The van der Waals surface area contributed by atoms with Gasteiger partial charge in [0.05, 0.1) is 31.4 Å². The first-order valence-corrected chi connectivity index (χ1v) is 24.7. The molecule has 0 aromatic heterocycles. The van der Waals surface area contributed by atoms with Crippen LogP contribution in [0.25, 0.3) is 0 Å². The Kier molecular flexibility index (Phi) is 18.1. The van der Waals surface area contributed by atoms with Gasteiger partial charge < -0.3 is 49.0 Å². The molecule has 1 unspecified atom stereocenters. The van der Waals surface area contributed by atoms with Crippen LogP contribution in [0, 0.1) is 5.92 Å². The molecule has 0 aliphatic carbocycles. The van der Waals surface area contributed by atoms with Gasteiger partial charge in [0.15, 0.2) is 12.0 Å². The molecule has 4 aliphatic heterocycles. The summed E-state index contributed by atoms with van der Waals surface area (Å²) in [5.74, 6) is -1.66. The third kappa shape index (κ3) is 13.3. The lowest BCUT2D eigenvalue weighted by Crippen LogP contribution is -2.63. The molecule has 18 nitrogen and oxygen atoms in total. The predicted molar refractivity (Wildman–Crippen MR) is 254 cm³/mol. The summed E-state index contributed by atoms with van der Waals surface area (Å²) in [6, 6.07) is 2.70. The minimum absolute atomic E-state index is 0.00861. The van der Waals surface area contributed by atoms with Crippen LogP contribution >= 0.6 is 33.2 Å². The number of aliphatic hydroxyl groups excluding tert-OH is 1. The smallest absolute Gasteiger partial charge is 0.409 e. The normalized spacial score (nSPS) is 29.0. The van der Waals surface area contributed by atoms with Crippen molar-refractivity contribution in [3.63, 3.8) is 0 Å². The van der Waals surface area contributed by atoms with Crippen molar-refractivity contribution in [1.29, 1.82) is 0 Å². The number of alkyl carbamates (subject to hydrolysis) is 1. The summed E-state index contributed by atoms with van der Waals surface area (Å²) < 4.78 is 29.2. The summed E-state index contributed by atoms with van der Waals surface area (Å²) in [5, 5.41) is 29.1. The van der Waals surface area contributed by atoms with Crippen LogP contribution in [0.2, 0.25) is 5.02 Å². The van der Waals surface area contributed by atoms with E-state index in [0.717, 1.165) is 16.0 Å². The number of rotatable bonds is 16. The van der Waals surface area contributed by atoms with E-state index in [0.29, 0.717) is 30.2 Å². The summed E-state index contributed by atoms with van der Waals surface area (Å²) in [7, 11) is 8.98. The highest BCUT2D eigenvalue weighted by Crippen LogP contribution is 2.49. The van der Waals surface area contributed by atoms with Gasteiger partial charge >= 0.3 is 6.09 Å². The van der Waals surface area contributed by atoms with E-state index in [-0.39, 0.29) is 49.1 Å². The molecule has 21 heteroatoms. The van der Waals surface area contributed by atoms with E-state index in [1.807, 2.05) is 26.8 Å². The monoisotopic (exact) mass is 993 g/mol. The Bertz CT molecular complexity index is 2120. The zero-order valence-corrected chi connectivity index (χ0v) is 42.0. The van der Waals surface area contributed by atoms with Crippen molar-refractivity contribution in [3.8, 4) is 5.75 Å². The minimum Gasteiger partial charge on any atom is -0.495 e. The molecule has 4 aliphatic rings. The number of carbonyl (C=O) groups excluding carboxylic acids is 6. The van der Waals surface area contributed by atoms with E-state index in [4.69, 9.17) is 35.3 Å². The van der Waals surface area contributed by atoms with Gasteiger partial charge in [-0.25, -0.2) is 4.79 Å². The van der Waals surface area contributed by atoms with Crippen molar-refractivity contribution in [2.24, 2.45) is 5.92 Å². The van der Waals surface area contributed by atoms with Crippen LogP contribution < -0.4 is 20.3 Å². The molecule has 1 aromatic rings. The average Bonchev–Trinajstić information content (AvgIpc) is 3.87. The molecule has 0 spiro atoms. The summed E-state index contributed by atoms with van der Waals surface area (Å²) in [4.78, 5) is 80.6. The number of halogens is 1. The number of benzene rings is 1. The fourth-order valence-electron chi connectivity index (χ4n) is 8.13. The molecule has 2 saturated heterocycles. The Balaban J connectivity index is 1.28. The molecule has 1 aromatic carbocycles. The molecule has 2 fully saturated rings. The largest absolute Gasteiger partial charge is 0.495 e. The van der Waals surface area contributed by atoms with Crippen LogP contribution in [0.4, 0.5) is 10.5 Å². The Labute approximate surface area is 404 Å². The Morgan fingerprint density at radius 3 is 2.49 bits per heavy atom. The number of ether oxygens (including phenoxy) is 5. The van der Waals surface area contributed by atoms with Gasteiger partial charge in [0, 0.05) is 82.1 Å². The summed E-state index contributed by atoms with van der Waals surface area (Å²) in [6.45, 7) is 11.3. The van der Waals surface area contributed by atoms with E-state index in [1.165, 1.54) is 57.8 Å². The highest BCUT2D eigenvalue weighted by atomic mass is 35.5. The van der Waals surface area contributed by atoms with Crippen molar-refractivity contribution in [2.45, 2.75) is 126 Å². The maximum Gasteiger partial charge on any atom is 0.409 e. The van der Waals surface area contributed by atoms with Crippen LogP contribution in [0.3, 0.4) is 0 Å². The second-order valence-electron chi connectivity index (χ2n) is 18.2. The number of likely N-dealkylation sites (N-methyl/N-ethyl adjacent to an activating group) is 1. The number of methoxy groups -OCH3 is 2. The number of amides is 6. The van der Waals surface area contributed by atoms with Gasteiger partial charge in [-0.15, -0.1) is 0 Å². The number of hydrogen-bond acceptors (Lipinski definition) is 15. The van der Waals surface area contributed by atoms with Gasteiger partial charge in [0.25, 0.3) is 11.8 Å². The lowest BCUT2D eigenvalue weighted by molar-refractivity contribution is -0.186. The number of nitrogens with zero attached hydrogens (tertiary/aromatic N) is 3. The first-order valence-electron chi connectivity index (χ1n) is 22.0. The second kappa shape index (κ2) is 22.5. The molecule has 5 rings (SSSR count). The predicted octanol–water partition coefficient (Wildman–Crippen LogP) is 4.29. The Morgan fingerprint density at radius 1 is 1.15 bits per heavy atom. The minimum atomic E-state index is -1.85. The second-order valence-corrected chi connectivity index (χ2v) is 21.7. The van der Waals surface area contributed by atoms with Gasteiger partial charge in [0.2, 0.25) is 17.7 Å². The lowest BCUT2D eigenvalue weighted by atomic mass is 9.83. The van der Waals surface area contributed by atoms with Gasteiger partial charge in [-0.3, -0.25) is 34.2 Å². The maximum absolute atomic E-state index is 14.3. The van der Waals surface area contributed by atoms with E-state index in [2.05, 4.69) is 10.6 Å². The van der Waals surface area contributed by atoms with E-state index in [1.54, 1.807) is 59.2 Å². The molecule has 0 radical (unpaired) electrons. The topological polar surface area (TPSA) is 226 Å². The fraction of sp³-hybridized carbons (Fsp3) is 0.609. The third-order valence-electron chi connectivity index (χ3n) is 12.5. The van der Waals surface area contributed by atoms with Crippen molar-refractivity contribution in [2.75, 3.05) is 52.1 Å². The maximum atomic E-state index is 14.3. The molecule has 4 bridgehead atoms. The van der Waals surface area contributed by atoms with Crippen LogP contribution in [-0.4, -0.2) is 156 Å². The molecule has 4 N–H and O–H groups in total. The number of allylic oxidation sites excluding steroid dienone is 3. The van der Waals surface area contributed by atoms with Gasteiger partial charge in [-0.2, -0.15) is 0 Å². The fourth-order valence-corrected chi connectivity index (χ4v) is 10.9. The number of carbonyl (C=O) groups is 6. The Morgan fingerprint density at radius 2 is 1.84 bits per heavy atom. The van der Waals surface area contributed by atoms with Crippen LogP contribution in [0.1, 0.15) is 72.8 Å². The molecular weight excluding hydrogens is 930 g/mol. The Hall–Kier alpha value is -4.15. The standard InChI is InChI=1S/C46H64ClN5O13S2/c1-26-12-11-13-33(62-10)46(60)24-32(63-43(59)49-46)27(2)41-45(6,65-41)34(23-39(57)51(8)30-21-29(20-26)22-31(61-9)40(30)47)64-42(58)28(3)50(7)36(54)17-19-66-67-44(4,5)25-48-35(53)16-18-52-37(55)14-15-38(52)56/h11-15,21-22,27-28,32-34,41-42,58,60H,16-20,23-25H2,1-10H3,(H,48,53)(H,49,59)/b13-11+,26-12+/t27-,28+,32+,33-,34+,41+,42?,45+,46+/m1/s1. The molecule has 370 valence electrons. The zero-order valence-electron chi connectivity index (χ0n) is 39.7. The SMILES string of the molecule is COc1cc2cc(c1Cl)N(C)C(=O)C[C@H](OC(O)[C@H](C)N(C)C(=O)CCSSC(C)(C)CNC(=O)CCN1C(=O)C=CC1=O)[C@]1(C)O[C@H]1[C@H](C)[C@@H]1C[C@@](O)(NC(=O)O1)[C@H](OC)/C=C/C=C(\C)C2. The summed E-state index contributed by atoms with van der Waals surface area (Å²) >= 11 is 6.82. The van der Waals surface area contributed by atoms with Crippen molar-refractivity contribution < 1.29 is 62.7 Å². The van der Waals surface area contributed by atoms with Crippen molar-refractivity contribution >= 4 is 74.5 Å². The molecule has 4 heterocycles. The number of hydrogen-bond donors (Lipinski definition) is 4. The number of epoxide rings is 1. The van der Waals surface area contributed by atoms with Gasteiger partial charge in [-0.1, -0.05) is 63.9 Å². The number of nitrogens with one attached hydrogen (secondary N) is 2. The highest BCUT2D eigenvalue weighted by molar-refractivity contribution is 8.77. The number of imide groups is 1. The lowest BCUT2D eigenvalue weighted by Gasteiger charge is -2.42. The highest BCUT2D eigenvalue weighted by Gasteiger charge is 2.64. The van der Waals surface area contributed by atoms with Gasteiger partial charge in [0.1, 0.15) is 34.7 Å². The quantitative estimate of drug-likeness (QED) is 0.0596. The number of aliphatic hydroxyl groups is 2. The molecule has 9 atom stereocenters. The average molecular weight is 995 g/mol. The molecule has 6 amide bonds. The molecule has 67 heavy (non-hydrogen) atoms. The molecular formula is C46H64ClN5O13S2. The van der Waals surface area contributed by atoms with E-state index < -0.39 is 82.6 Å². The number of fused-ring (bicyclic) bond motifs is 5. The van der Waals surface area contributed by atoms with Gasteiger partial charge in [-0.05, 0) is 58.7 Å². The van der Waals surface area contributed by atoms with Crippen molar-refractivity contribution in [1.82, 2.24) is 20.4 Å². The summed E-state index contributed by atoms with van der Waals surface area (Å²) in [6.07, 6.45) is 1.72. The summed E-state index contributed by atoms with van der Waals surface area (Å²) in [5.41, 5.74) is -0.979.